The number of alkyl halides is 3. The Balaban J connectivity index is 1.71. The minimum absolute atomic E-state index is 0.0993. The monoisotopic (exact) mass is 521 g/mol. The maximum absolute atomic E-state index is 13.6. The van der Waals surface area contributed by atoms with Crippen LogP contribution in [-0.4, -0.2) is 54.4 Å². The zero-order valence-electron chi connectivity index (χ0n) is 19.2. The van der Waals surface area contributed by atoms with Crippen LogP contribution >= 0.6 is 11.6 Å². The molecular weight excluding hydrogens is 503 g/mol. The zero-order valence-corrected chi connectivity index (χ0v) is 19.9. The first-order valence-electron chi connectivity index (χ1n) is 10.5. The van der Waals surface area contributed by atoms with Gasteiger partial charge in [0.1, 0.15) is 30.6 Å². The van der Waals surface area contributed by atoms with Crippen molar-refractivity contribution in [1.29, 1.82) is 0 Å². The number of ether oxygens (including phenoxy) is 1. The van der Waals surface area contributed by atoms with Crippen molar-refractivity contribution >= 4 is 40.2 Å². The summed E-state index contributed by atoms with van der Waals surface area (Å²) in [5, 5.41) is 6.71. The smallest absolute Gasteiger partial charge is 0.418 e. The van der Waals surface area contributed by atoms with Crippen LogP contribution in [0.15, 0.2) is 37.2 Å². The molecule has 0 fully saturated rings. The average Bonchev–Trinajstić information content (AvgIpc) is 3.32. The highest BCUT2D eigenvalue weighted by Gasteiger charge is 2.35. The van der Waals surface area contributed by atoms with Gasteiger partial charge in [0.2, 0.25) is 0 Å². The number of nitrogens with one attached hydrogen (secondary N) is 1. The molecule has 0 aliphatic heterocycles. The lowest BCUT2D eigenvalue weighted by Gasteiger charge is -2.26. The lowest BCUT2D eigenvalue weighted by Crippen LogP contribution is -2.26. The summed E-state index contributed by atoms with van der Waals surface area (Å²) in [6.07, 6.45) is -1.73. The van der Waals surface area contributed by atoms with Crippen LogP contribution in [-0.2, 0) is 10.9 Å². The molecule has 1 atom stereocenters. The molecule has 0 saturated heterocycles. The van der Waals surface area contributed by atoms with Gasteiger partial charge in [0, 0.05) is 23.5 Å². The van der Waals surface area contributed by atoms with Gasteiger partial charge < -0.3 is 9.64 Å². The molecule has 11 nitrogen and oxygen atoms in total. The number of carbonyl (C=O) groups excluding carboxylic acids is 1. The number of aromatic nitrogens is 7. The first-order chi connectivity index (χ1) is 17.1. The summed E-state index contributed by atoms with van der Waals surface area (Å²) >= 11 is 6.01. The number of anilines is 2. The third-order valence-corrected chi connectivity index (χ3v) is 5.44. The molecule has 0 unspecified atom stereocenters. The zero-order chi connectivity index (χ0) is 26.0. The number of rotatable bonds is 6. The van der Waals surface area contributed by atoms with Gasteiger partial charge in [0.25, 0.3) is 0 Å². The van der Waals surface area contributed by atoms with E-state index in [9.17, 15) is 18.0 Å². The van der Waals surface area contributed by atoms with E-state index in [2.05, 4.69) is 35.3 Å². The fourth-order valence-corrected chi connectivity index (χ4v) is 3.71. The molecule has 4 aromatic rings. The van der Waals surface area contributed by atoms with Gasteiger partial charge in [-0.25, -0.2) is 29.7 Å². The second kappa shape index (κ2) is 9.89. The fourth-order valence-electron chi connectivity index (χ4n) is 3.49. The van der Waals surface area contributed by atoms with Gasteiger partial charge in [-0.2, -0.15) is 23.0 Å². The normalized spacial score (nSPS) is 12.4. The van der Waals surface area contributed by atoms with E-state index in [-0.39, 0.29) is 34.2 Å². The van der Waals surface area contributed by atoms with E-state index in [0.29, 0.717) is 11.6 Å². The number of nitrogens with zero attached hydrogens (tertiary/aromatic N) is 8. The van der Waals surface area contributed by atoms with Crippen molar-refractivity contribution in [2.45, 2.75) is 26.1 Å². The van der Waals surface area contributed by atoms with Gasteiger partial charge in [-0.3, -0.25) is 5.32 Å². The highest BCUT2D eigenvalue weighted by atomic mass is 35.5. The van der Waals surface area contributed by atoms with Gasteiger partial charge in [-0.1, -0.05) is 11.6 Å². The molecule has 0 saturated carbocycles. The van der Waals surface area contributed by atoms with Crippen molar-refractivity contribution in [2.24, 2.45) is 0 Å². The van der Waals surface area contributed by atoms with E-state index in [0.717, 1.165) is 12.4 Å². The number of carbonyl (C=O) groups is 1. The van der Waals surface area contributed by atoms with Crippen LogP contribution in [0, 0.1) is 0 Å². The van der Waals surface area contributed by atoms with E-state index < -0.39 is 23.9 Å². The Kier molecular flexibility index (Phi) is 6.88. The number of hydrogen-bond acceptors (Lipinski definition) is 9. The number of fused-ring (bicyclic) bond motifs is 1. The molecule has 3 aromatic heterocycles. The molecule has 15 heteroatoms. The quantitative estimate of drug-likeness (QED) is 0.392. The van der Waals surface area contributed by atoms with Crippen LogP contribution in [0.4, 0.5) is 29.6 Å². The Bertz CT molecular complexity index is 1410. The van der Waals surface area contributed by atoms with Crippen LogP contribution in [0.5, 0.6) is 0 Å². The van der Waals surface area contributed by atoms with Crippen molar-refractivity contribution in [3.05, 3.63) is 53.6 Å². The number of halogens is 4. The standard InChI is InChI=1S/C21H19ClF3N9O2/c1-4-36-20(35)32-15-7-16(27-8-26-15)34-18(30-10-31-34)11(2)33(3)19-13-5-12(22)6-14(21(23,24)25)17(13)28-9-29-19/h5-11H,4H2,1-3H3,(H,26,27,32,35)/t11-/m0/s1. The second-order valence-electron chi connectivity index (χ2n) is 7.47. The van der Waals surface area contributed by atoms with Gasteiger partial charge in [-0.15, -0.1) is 0 Å². The van der Waals surface area contributed by atoms with Crippen LogP contribution in [0.2, 0.25) is 5.02 Å². The Morgan fingerprint density at radius 1 is 1.14 bits per heavy atom. The van der Waals surface area contributed by atoms with E-state index in [4.69, 9.17) is 16.3 Å². The SMILES string of the molecule is CCOC(=O)Nc1cc(-n2ncnc2[C@H](C)N(C)c2ncnc3c(C(F)(F)F)cc(Cl)cc23)ncn1. The molecule has 3 heterocycles. The van der Waals surface area contributed by atoms with E-state index >= 15 is 0 Å². The second-order valence-corrected chi connectivity index (χ2v) is 7.90. The van der Waals surface area contributed by atoms with Gasteiger partial charge in [0.15, 0.2) is 11.6 Å². The van der Waals surface area contributed by atoms with Crippen LogP contribution < -0.4 is 10.2 Å². The molecule has 1 N–H and O–H groups in total. The minimum Gasteiger partial charge on any atom is -0.450 e. The van der Waals surface area contributed by atoms with Gasteiger partial charge in [0.05, 0.1) is 23.7 Å². The third kappa shape index (κ3) is 4.98. The van der Waals surface area contributed by atoms with Crippen LogP contribution in [0.3, 0.4) is 0 Å². The number of amides is 1. The highest BCUT2D eigenvalue weighted by Crippen LogP contribution is 2.39. The lowest BCUT2D eigenvalue weighted by molar-refractivity contribution is -0.136. The summed E-state index contributed by atoms with van der Waals surface area (Å²) in [7, 11) is 1.65. The van der Waals surface area contributed by atoms with E-state index in [1.54, 1.807) is 25.8 Å². The summed E-state index contributed by atoms with van der Waals surface area (Å²) in [6.45, 7) is 3.63. The van der Waals surface area contributed by atoms with Crippen molar-refractivity contribution in [1.82, 2.24) is 34.7 Å². The van der Waals surface area contributed by atoms with Crippen LogP contribution in [0.1, 0.15) is 31.3 Å². The first kappa shape index (κ1) is 25.0. The molecule has 0 aliphatic carbocycles. The first-order valence-corrected chi connectivity index (χ1v) is 10.9. The molecule has 188 valence electrons. The predicted molar refractivity (Wildman–Crippen MR) is 124 cm³/mol. The highest BCUT2D eigenvalue weighted by molar-refractivity contribution is 6.31. The number of benzene rings is 1. The maximum Gasteiger partial charge on any atom is 0.418 e. The molecule has 1 aromatic carbocycles. The molecule has 4 rings (SSSR count). The Morgan fingerprint density at radius 3 is 2.61 bits per heavy atom. The Hall–Kier alpha value is -4.07. The largest absolute Gasteiger partial charge is 0.450 e. The summed E-state index contributed by atoms with van der Waals surface area (Å²) in [5.41, 5.74) is -1.23. The average molecular weight is 522 g/mol. The molecule has 0 radical (unpaired) electrons. The van der Waals surface area contributed by atoms with Gasteiger partial charge >= 0.3 is 12.3 Å². The minimum atomic E-state index is -4.65. The Morgan fingerprint density at radius 2 is 1.89 bits per heavy atom. The molecule has 0 aliphatic rings. The Labute approximate surface area is 207 Å². The van der Waals surface area contributed by atoms with Crippen LogP contribution in [0.25, 0.3) is 16.7 Å². The maximum atomic E-state index is 13.6. The van der Waals surface area contributed by atoms with Crippen molar-refractivity contribution in [3.63, 3.8) is 0 Å². The van der Waals surface area contributed by atoms with Crippen molar-refractivity contribution in [3.8, 4) is 5.82 Å². The van der Waals surface area contributed by atoms with Crippen molar-refractivity contribution < 1.29 is 22.7 Å². The molecule has 0 bridgehead atoms. The summed E-state index contributed by atoms with van der Waals surface area (Å²) in [6, 6.07) is 3.14. The van der Waals surface area contributed by atoms with Gasteiger partial charge in [-0.05, 0) is 26.0 Å². The fraction of sp³-hybridized carbons (Fsp3) is 0.286. The lowest BCUT2D eigenvalue weighted by atomic mass is 10.1. The van der Waals surface area contributed by atoms with Crippen molar-refractivity contribution in [2.75, 3.05) is 23.9 Å². The topological polar surface area (TPSA) is 124 Å². The molecular formula is C21H19ClF3N9O2. The summed E-state index contributed by atoms with van der Waals surface area (Å²) < 4.78 is 47.1. The predicted octanol–water partition coefficient (Wildman–Crippen LogP) is 4.44. The molecule has 36 heavy (non-hydrogen) atoms. The summed E-state index contributed by atoms with van der Waals surface area (Å²) in [5.74, 6) is 1.07. The molecule has 1 amide bonds. The summed E-state index contributed by atoms with van der Waals surface area (Å²) in [4.78, 5) is 33.9. The van der Waals surface area contributed by atoms with E-state index in [1.165, 1.54) is 29.5 Å². The van der Waals surface area contributed by atoms with E-state index in [1.807, 2.05) is 0 Å². The molecule has 0 spiro atoms. The number of hydrogen-bond donors (Lipinski definition) is 1. The third-order valence-electron chi connectivity index (χ3n) is 5.23.